The fourth-order valence-electron chi connectivity index (χ4n) is 2.99. The highest BCUT2D eigenvalue weighted by atomic mass is 16.4. The number of aromatic hydroxyl groups is 1. The van der Waals surface area contributed by atoms with E-state index in [0.717, 1.165) is 31.3 Å². The van der Waals surface area contributed by atoms with Gasteiger partial charge in [-0.15, -0.1) is 0 Å². The van der Waals surface area contributed by atoms with Gasteiger partial charge in [0, 0.05) is 6.42 Å². The second kappa shape index (κ2) is 10.7. The first-order valence-corrected chi connectivity index (χ1v) is 9.73. The molecule has 28 heavy (non-hydrogen) atoms. The monoisotopic (exact) mass is 382 g/mol. The standard InChI is InChI=1S/C24H30O4/c1-17(9-7-11-19(3)16-25)8-6-10-18(2)14-15-21-23(26)20-12-4-5-13-22(20)28-24(21)27/h4-5,8,11-14,25-26H,6-7,9-10,15-16H2,1-3H3/b17-8+,18-14+,19-11+. The van der Waals surface area contributed by atoms with E-state index in [9.17, 15) is 9.90 Å². The predicted octanol–water partition coefficient (Wildman–Crippen LogP) is 5.43. The molecule has 0 bridgehead atoms. The predicted molar refractivity (Wildman–Crippen MR) is 115 cm³/mol. The average Bonchev–Trinajstić information content (AvgIpc) is 2.67. The van der Waals surface area contributed by atoms with E-state index < -0.39 is 5.63 Å². The number of aliphatic hydroxyl groups excluding tert-OH is 1. The van der Waals surface area contributed by atoms with Gasteiger partial charge in [0.25, 0.3) is 0 Å². The van der Waals surface area contributed by atoms with Gasteiger partial charge in [-0.3, -0.25) is 0 Å². The van der Waals surface area contributed by atoms with Crippen LogP contribution in [0.3, 0.4) is 0 Å². The Morgan fingerprint density at radius 3 is 2.25 bits per heavy atom. The van der Waals surface area contributed by atoms with Crippen molar-refractivity contribution in [2.75, 3.05) is 6.61 Å². The highest BCUT2D eigenvalue weighted by molar-refractivity contribution is 5.83. The Kier molecular flexibility index (Phi) is 8.27. The van der Waals surface area contributed by atoms with E-state index in [1.54, 1.807) is 18.2 Å². The van der Waals surface area contributed by atoms with E-state index in [0.29, 0.717) is 23.0 Å². The molecule has 0 fully saturated rings. The summed E-state index contributed by atoms with van der Waals surface area (Å²) in [4.78, 5) is 12.2. The van der Waals surface area contributed by atoms with Crippen molar-refractivity contribution in [2.24, 2.45) is 0 Å². The molecule has 0 radical (unpaired) electrons. The minimum atomic E-state index is -0.484. The Hall–Kier alpha value is -2.59. The van der Waals surface area contributed by atoms with E-state index in [4.69, 9.17) is 9.52 Å². The SMILES string of the molecule is C/C(=C\CC/C(C)=C/CC/C(C)=C/Cc1c(O)c2ccccc2oc1=O)CO. The quantitative estimate of drug-likeness (QED) is 0.448. The molecule has 1 aromatic carbocycles. The third-order valence-corrected chi connectivity index (χ3v) is 4.84. The molecule has 2 N–H and O–H groups in total. The summed E-state index contributed by atoms with van der Waals surface area (Å²) in [6.45, 7) is 6.22. The lowest BCUT2D eigenvalue weighted by atomic mass is 10.0. The van der Waals surface area contributed by atoms with E-state index >= 15 is 0 Å². The van der Waals surface area contributed by atoms with E-state index in [-0.39, 0.29) is 12.4 Å². The van der Waals surface area contributed by atoms with Gasteiger partial charge in [0.1, 0.15) is 11.3 Å². The Labute approximate surface area is 166 Å². The van der Waals surface area contributed by atoms with Gasteiger partial charge in [-0.2, -0.15) is 0 Å². The molecule has 0 aliphatic heterocycles. The number of rotatable bonds is 9. The molecule has 0 spiro atoms. The van der Waals surface area contributed by atoms with Crippen LogP contribution in [0.15, 0.2) is 68.4 Å². The first-order valence-electron chi connectivity index (χ1n) is 9.73. The first kappa shape index (κ1) is 21.7. The van der Waals surface area contributed by atoms with Gasteiger partial charge in [0.2, 0.25) is 0 Å². The molecule has 2 rings (SSSR count). The lowest BCUT2D eigenvalue weighted by molar-refractivity contribution is 0.331. The molecule has 0 saturated carbocycles. The van der Waals surface area contributed by atoms with Crippen LogP contribution >= 0.6 is 0 Å². The summed E-state index contributed by atoms with van der Waals surface area (Å²) < 4.78 is 5.31. The molecule has 2 aromatic rings. The van der Waals surface area contributed by atoms with E-state index in [2.05, 4.69) is 19.1 Å². The second-order valence-corrected chi connectivity index (χ2v) is 7.30. The van der Waals surface area contributed by atoms with Crippen LogP contribution in [0.4, 0.5) is 0 Å². The summed E-state index contributed by atoms with van der Waals surface area (Å²) in [5, 5.41) is 20.0. The van der Waals surface area contributed by atoms with Crippen molar-refractivity contribution < 1.29 is 14.6 Å². The molecule has 0 aliphatic rings. The number of aliphatic hydroxyl groups is 1. The highest BCUT2D eigenvalue weighted by Crippen LogP contribution is 2.26. The number of hydrogen-bond donors (Lipinski definition) is 2. The highest BCUT2D eigenvalue weighted by Gasteiger charge is 2.12. The van der Waals surface area contributed by atoms with Crippen LogP contribution in [-0.2, 0) is 6.42 Å². The molecule has 0 amide bonds. The van der Waals surface area contributed by atoms with Crippen LogP contribution in [0, 0.1) is 0 Å². The Bertz CT molecular complexity index is 945. The Morgan fingerprint density at radius 1 is 0.964 bits per heavy atom. The van der Waals surface area contributed by atoms with Crippen molar-refractivity contribution in [3.05, 3.63) is 75.2 Å². The minimum Gasteiger partial charge on any atom is -0.507 e. The summed E-state index contributed by atoms with van der Waals surface area (Å²) in [5.41, 5.74) is 3.74. The maximum atomic E-state index is 12.2. The van der Waals surface area contributed by atoms with Crippen molar-refractivity contribution in [2.45, 2.75) is 52.9 Å². The zero-order valence-electron chi connectivity index (χ0n) is 17.0. The van der Waals surface area contributed by atoms with Gasteiger partial charge in [-0.25, -0.2) is 4.79 Å². The molecule has 4 nitrogen and oxygen atoms in total. The molecule has 150 valence electrons. The maximum Gasteiger partial charge on any atom is 0.343 e. The zero-order chi connectivity index (χ0) is 20.5. The summed E-state index contributed by atoms with van der Waals surface area (Å²) in [5.74, 6) is 0.0119. The third-order valence-electron chi connectivity index (χ3n) is 4.84. The average molecular weight is 383 g/mol. The normalized spacial score (nSPS) is 13.4. The van der Waals surface area contributed by atoms with Gasteiger partial charge >= 0.3 is 5.63 Å². The summed E-state index contributed by atoms with van der Waals surface area (Å²) >= 11 is 0. The van der Waals surface area contributed by atoms with Crippen molar-refractivity contribution in [3.8, 4) is 5.75 Å². The first-order chi connectivity index (χ1) is 13.4. The largest absolute Gasteiger partial charge is 0.507 e. The molecule has 0 unspecified atom stereocenters. The van der Waals surface area contributed by atoms with E-state index in [1.807, 2.05) is 26.0 Å². The van der Waals surface area contributed by atoms with Crippen molar-refractivity contribution in [1.82, 2.24) is 0 Å². The lowest BCUT2D eigenvalue weighted by Gasteiger charge is -2.05. The minimum absolute atomic E-state index is 0.0119. The van der Waals surface area contributed by atoms with Crippen molar-refractivity contribution >= 4 is 11.0 Å². The van der Waals surface area contributed by atoms with Gasteiger partial charge in [-0.1, -0.05) is 47.1 Å². The third kappa shape index (κ3) is 6.24. The summed E-state index contributed by atoms with van der Waals surface area (Å²) in [7, 11) is 0. The summed E-state index contributed by atoms with van der Waals surface area (Å²) in [6.07, 6.45) is 10.4. The number of hydrogen-bond acceptors (Lipinski definition) is 4. The molecular weight excluding hydrogens is 352 g/mol. The Morgan fingerprint density at radius 2 is 1.57 bits per heavy atom. The van der Waals surface area contributed by atoms with Crippen LogP contribution in [0.1, 0.15) is 52.0 Å². The van der Waals surface area contributed by atoms with Gasteiger partial charge in [-0.05, 0) is 58.6 Å². The molecule has 0 atom stereocenters. The molecular formula is C24H30O4. The maximum absolute atomic E-state index is 12.2. The van der Waals surface area contributed by atoms with Crippen LogP contribution in [-0.4, -0.2) is 16.8 Å². The summed E-state index contributed by atoms with van der Waals surface area (Å²) in [6, 6.07) is 7.01. The molecule has 0 aliphatic carbocycles. The van der Waals surface area contributed by atoms with Crippen LogP contribution in [0.25, 0.3) is 11.0 Å². The van der Waals surface area contributed by atoms with Gasteiger partial charge in [0.15, 0.2) is 0 Å². The van der Waals surface area contributed by atoms with Gasteiger partial charge < -0.3 is 14.6 Å². The van der Waals surface area contributed by atoms with Crippen molar-refractivity contribution in [1.29, 1.82) is 0 Å². The van der Waals surface area contributed by atoms with Gasteiger partial charge in [0.05, 0.1) is 17.6 Å². The zero-order valence-corrected chi connectivity index (χ0v) is 17.0. The van der Waals surface area contributed by atoms with Crippen LogP contribution in [0.5, 0.6) is 5.75 Å². The van der Waals surface area contributed by atoms with Crippen molar-refractivity contribution in [3.63, 3.8) is 0 Å². The van der Waals surface area contributed by atoms with Crippen LogP contribution < -0.4 is 5.63 Å². The second-order valence-electron chi connectivity index (χ2n) is 7.30. The number of fused-ring (bicyclic) bond motifs is 1. The smallest absolute Gasteiger partial charge is 0.343 e. The lowest BCUT2D eigenvalue weighted by Crippen LogP contribution is -2.07. The number of allylic oxidation sites excluding steroid dienone is 5. The van der Waals surface area contributed by atoms with E-state index in [1.165, 1.54) is 11.1 Å². The fourth-order valence-corrected chi connectivity index (χ4v) is 2.99. The molecule has 1 aromatic heterocycles. The molecule has 1 heterocycles. The molecule has 0 saturated heterocycles. The fraction of sp³-hybridized carbons (Fsp3) is 0.375. The number of benzene rings is 1. The Balaban J connectivity index is 1.93. The topological polar surface area (TPSA) is 70.7 Å². The number of para-hydroxylation sites is 1. The van der Waals surface area contributed by atoms with Crippen LogP contribution in [0.2, 0.25) is 0 Å². The molecule has 4 heteroatoms.